The van der Waals surface area contributed by atoms with Crippen molar-refractivity contribution in [1.29, 1.82) is 0 Å². The Bertz CT molecular complexity index is 1050. The lowest BCUT2D eigenvalue weighted by atomic mass is 9.90. The third kappa shape index (κ3) is 4.46. The summed E-state index contributed by atoms with van der Waals surface area (Å²) < 4.78 is 2.10. The third-order valence-corrected chi connectivity index (χ3v) is 6.23. The van der Waals surface area contributed by atoms with E-state index in [1.165, 1.54) is 0 Å². The standard InChI is InChI=1S/C25H32N4O/c1-17(2)15-29-9-5-6-21(16-29)25(30)12-23-11-22-10-19(7-8-20(22)13-27-23)24-14-26-18(3)28(24)4/h7-8,10-11,13-14,17,21H,5-6,9,12,15-16H2,1-4H3. The molecule has 1 unspecified atom stereocenters. The van der Waals surface area contributed by atoms with E-state index in [-0.39, 0.29) is 5.92 Å². The molecule has 0 N–H and O–H groups in total. The van der Waals surface area contributed by atoms with Gasteiger partial charge in [0.25, 0.3) is 0 Å². The molecule has 0 saturated carbocycles. The zero-order valence-electron chi connectivity index (χ0n) is 18.6. The monoisotopic (exact) mass is 404 g/mol. The van der Waals surface area contributed by atoms with Crippen LogP contribution in [-0.4, -0.2) is 44.9 Å². The van der Waals surface area contributed by atoms with Gasteiger partial charge in [0.05, 0.1) is 11.9 Å². The van der Waals surface area contributed by atoms with Gasteiger partial charge in [0.15, 0.2) is 0 Å². The van der Waals surface area contributed by atoms with Crippen molar-refractivity contribution in [2.75, 3.05) is 19.6 Å². The Morgan fingerprint density at radius 2 is 2.00 bits per heavy atom. The van der Waals surface area contributed by atoms with Gasteiger partial charge in [-0.3, -0.25) is 9.78 Å². The molecule has 1 fully saturated rings. The fourth-order valence-corrected chi connectivity index (χ4v) is 4.54. The van der Waals surface area contributed by atoms with Crippen LogP contribution in [0.2, 0.25) is 0 Å². The van der Waals surface area contributed by atoms with Crippen molar-refractivity contribution in [1.82, 2.24) is 19.4 Å². The molecule has 0 aliphatic carbocycles. The van der Waals surface area contributed by atoms with Crippen molar-refractivity contribution in [3.05, 3.63) is 48.2 Å². The van der Waals surface area contributed by atoms with E-state index in [1.54, 1.807) is 0 Å². The molecule has 0 spiro atoms. The minimum atomic E-state index is 0.138. The van der Waals surface area contributed by atoms with Crippen LogP contribution < -0.4 is 0 Å². The van der Waals surface area contributed by atoms with E-state index in [1.807, 2.05) is 26.4 Å². The van der Waals surface area contributed by atoms with Crippen LogP contribution in [0.5, 0.6) is 0 Å². The maximum Gasteiger partial charge on any atom is 0.143 e. The van der Waals surface area contributed by atoms with Crippen LogP contribution in [0.3, 0.4) is 0 Å². The number of Topliss-reactive ketones (excluding diaryl/α,β-unsaturated/α-hetero) is 1. The van der Waals surface area contributed by atoms with Crippen LogP contribution in [0.15, 0.2) is 36.7 Å². The second kappa shape index (κ2) is 8.68. The molecule has 0 radical (unpaired) electrons. The highest BCUT2D eigenvalue weighted by Gasteiger charge is 2.26. The molecule has 3 heterocycles. The molecule has 1 aromatic carbocycles. The Balaban J connectivity index is 1.51. The molecular formula is C25H32N4O. The second-order valence-corrected chi connectivity index (χ2v) is 9.12. The van der Waals surface area contributed by atoms with Gasteiger partial charge in [-0.2, -0.15) is 0 Å². The average Bonchev–Trinajstić information content (AvgIpc) is 3.05. The number of rotatable bonds is 6. The number of benzene rings is 1. The highest BCUT2D eigenvalue weighted by atomic mass is 16.1. The first-order valence-electron chi connectivity index (χ1n) is 11.0. The minimum absolute atomic E-state index is 0.138. The number of carbonyl (C=O) groups excluding carboxylic acids is 1. The first-order valence-corrected chi connectivity index (χ1v) is 11.0. The van der Waals surface area contributed by atoms with Crippen LogP contribution >= 0.6 is 0 Å². The predicted octanol–water partition coefficient (Wildman–Crippen LogP) is 4.42. The van der Waals surface area contributed by atoms with E-state index in [0.29, 0.717) is 18.1 Å². The Morgan fingerprint density at radius 3 is 2.73 bits per heavy atom. The van der Waals surface area contributed by atoms with Gasteiger partial charge in [0.1, 0.15) is 11.6 Å². The van der Waals surface area contributed by atoms with E-state index in [0.717, 1.165) is 66.0 Å². The molecule has 1 saturated heterocycles. The minimum Gasteiger partial charge on any atom is -0.331 e. The lowest BCUT2D eigenvalue weighted by Gasteiger charge is -2.33. The number of carbonyl (C=O) groups is 1. The van der Waals surface area contributed by atoms with Gasteiger partial charge in [-0.15, -0.1) is 0 Å². The van der Waals surface area contributed by atoms with Crippen LogP contribution in [0.25, 0.3) is 22.0 Å². The number of ketones is 1. The summed E-state index contributed by atoms with van der Waals surface area (Å²) in [4.78, 5) is 24.4. The van der Waals surface area contributed by atoms with Crippen LogP contribution in [0.4, 0.5) is 0 Å². The SMILES string of the molecule is Cc1ncc(-c2ccc3cnc(CC(=O)C4CCCN(CC(C)C)C4)cc3c2)n1C. The zero-order valence-corrected chi connectivity index (χ0v) is 18.6. The van der Waals surface area contributed by atoms with E-state index in [2.05, 4.69) is 57.5 Å². The fourth-order valence-electron chi connectivity index (χ4n) is 4.54. The molecule has 1 aliphatic rings. The molecule has 1 aliphatic heterocycles. The average molecular weight is 405 g/mol. The van der Waals surface area contributed by atoms with E-state index in [9.17, 15) is 4.79 Å². The molecule has 0 amide bonds. The maximum absolute atomic E-state index is 13.0. The summed E-state index contributed by atoms with van der Waals surface area (Å²) >= 11 is 0. The number of hydrogen-bond donors (Lipinski definition) is 0. The van der Waals surface area contributed by atoms with Gasteiger partial charge >= 0.3 is 0 Å². The van der Waals surface area contributed by atoms with Crippen molar-refractivity contribution >= 4 is 16.6 Å². The van der Waals surface area contributed by atoms with Crippen molar-refractivity contribution in [2.24, 2.45) is 18.9 Å². The second-order valence-electron chi connectivity index (χ2n) is 9.12. The normalized spacial score (nSPS) is 17.7. The number of piperidine rings is 1. The number of pyridine rings is 1. The lowest BCUT2D eigenvalue weighted by molar-refractivity contribution is -0.124. The largest absolute Gasteiger partial charge is 0.331 e. The van der Waals surface area contributed by atoms with E-state index >= 15 is 0 Å². The molecular weight excluding hydrogens is 372 g/mol. The Labute approximate surface area is 179 Å². The summed E-state index contributed by atoms with van der Waals surface area (Å²) in [6.07, 6.45) is 6.34. The van der Waals surface area contributed by atoms with Gasteiger partial charge in [-0.05, 0) is 49.7 Å². The van der Waals surface area contributed by atoms with Gasteiger partial charge in [-0.25, -0.2) is 4.98 Å². The Hall–Kier alpha value is -2.53. The number of likely N-dealkylation sites (tertiary alicyclic amines) is 1. The Kier molecular flexibility index (Phi) is 6.00. The van der Waals surface area contributed by atoms with Gasteiger partial charge in [0, 0.05) is 55.3 Å². The topological polar surface area (TPSA) is 51.0 Å². The van der Waals surface area contributed by atoms with Gasteiger partial charge in [-0.1, -0.05) is 26.0 Å². The highest BCUT2D eigenvalue weighted by molar-refractivity contribution is 5.88. The quantitative estimate of drug-likeness (QED) is 0.610. The van der Waals surface area contributed by atoms with Gasteiger partial charge in [0.2, 0.25) is 0 Å². The summed E-state index contributed by atoms with van der Waals surface area (Å²) in [5.74, 6) is 2.09. The Morgan fingerprint density at radius 1 is 1.17 bits per heavy atom. The summed E-state index contributed by atoms with van der Waals surface area (Å²) in [6.45, 7) is 9.58. The molecule has 0 bridgehead atoms. The number of fused-ring (bicyclic) bond motifs is 1. The van der Waals surface area contributed by atoms with E-state index in [4.69, 9.17) is 0 Å². The molecule has 5 nitrogen and oxygen atoms in total. The number of hydrogen-bond acceptors (Lipinski definition) is 4. The van der Waals surface area contributed by atoms with Crippen LogP contribution in [-0.2, 0) is 18.3 Å². The summed E-state index contributed by atoms with van der Waals surface area (Å²) in [5.41, 5.74) is 3.09. The van der Waals surface area contributed by atoms with Gasteiger partial charge < -0.3 is 9.47 Å². The van der Waals surface area contributed by atoms with Crippen molar-refractivity contribution in [2.45, 2.75) is 40.0 Å². The first kappa shape index (κ1) is 20.7. The lowest BCUT2D eigenvalue weighted by Crippen LogP contribution is -2.40. The molecule has 5 heteroatoms. The maximum atomic E-state index is 13.0. The molecule has 4 rings (SSSR count). The number of aromatic nitrogens is 3. The van der Waals surface area contributed by atoms with Crippen LogP contribution in [0, 0.1) is 18.8 Å². The zero-order chi connectivity index (χ0) is 21.3. The smallest absolute Gasteiger partial charge is 0.143 e. The molecule has 1 atom stereocenters. The predicted molar refractivity (Wildman–Crippen MR) is 121 cm³/mol. The van der Waals surface area contributed by atoms with Crippen molar-refractivity contribution in [3.8, 4) is 11.3 Å². The number of aryl methyl sites for hydroxylation is 1. The number of imidazole rings is 1. The summed E-state index contributed by atoms with van der Waals surface area (Å²) in [5, 5.41) is 2.21. The molecule has 2 aromatic heterocycles. The summed E-state index contributed by atoms with van der Waals surface area (Å²) in [7, 11) is 2.03. The fraction of sp³-hybridized carbons (Fsp3) is 0.480. The molecule has 30 heavy (non-hydrogen) atoms. The van der Waals surface area contributed by atoms with E-state index < -0.39 is 0 Å². The first-order chi connectivity index (χ1) is 14.4. The molecule has 158 valence electrons. The van der Waals surface area contributed by atoms with Crippen molar-refractivity contribution < 1.29 is 4.79 Å². The summed E-state index contributed by atoms with van der Waals surface area (Å²) in [6, 6.07) is 8.45. The van der Waals surface area contributed by atoms with Crippen molar-refractivity contribution in [3.63, 3.8) is 0 Å². The number of nitrogens with zero attached hydrogens (tertiary/aromatic N) is 4. The third-order valence-electron chi connectivity index (χ3n) is 6.23. The highest BCUT2D eigenvalue weighted by Crippen LogP contribution is 2.26. The molecule has 3 aromatic rings. The van der Waals surface area contributed by atoms with Crippen LogP contribution in [0.1, 0.15) is 38.2 Å².